The fourth-order valence-electron chi connectivity index (χ4n) is 6.44. The Kier molecular flexibility index (Phi) is 3.59. The molecule has 4 rings (SSSR count). The van der Waals surface area contributed by atoms with Crippen LogP contribution < -0.4 is 0 Å². The summed E-state index contributed by atoms with van der Waals surface area (Å²) in [4.78, 5) is 0. The Bertz CT molecular complexity index is 639. The molecule has 4 aliphatic carbocycles. The summed E-state index contributed by atoms with van der Waals surface area (Å²) in [6.45, 7) is 2.42. The number of oxime groups is 1. The molecule has 5 atom stereocenters. The Morgan fingerprint density at radius 3 is 2.87 bits per heavy atom. The van der Waals surface area contributed by atoms with Gasteiger partial charge in [0.05, 0.1) is 11.8 Å². The van der Waals surface area contributed by atoms with Gasteiger partial charge in [-0.2, -0.15) is 5.26 Å². The largest absolute Gasteiger partial charge is 0.411 e. The Labute approximate surface area is 138 Å². The molecule has 1 N–H and O–H groups in total. The molecule has 0 aromatic carbocycles. The van der Waals surface area contributed by atoms with Crippen molar-refractivity contribution in [2.45, 2.75) is 58.3 Å². The second-order valence-electron chi connectivity index (χ2n) is 8.22. The van der Waals surface area contributed by atoms with E-state index < -0.39 is 0 Å². The number of allylic oxidation sites excluding steroid dienone is 4. The zero-order chi connectivity index (χ0) is 16.0. The Morgan fingerprint density at radius 1 is 1.22 bits per heavy atom. The quantitative estimate of drug-likeness (QED) is 0.395. The van der Waals surface area contributed by atoms with Gasteiger partial charge < -0.3 is 5.21 Å². The Hall–Kier alpha value is -1.56. The molecule has 3 fully saturated rings. The molecule has 3 nitrogen and oxygen atoms in total. The molecule has 0 unspecified atom stereocenters. The highest BCUT2D eigenvalue weighted by Crippen LogP contribution is 2.63. The van der Waals surface area contributed by atoms with Crippen LogP contribution in [0.1, 0.15) is 58.3 Å². The zero-order valence-electron chi connectivity index (χ0n) is 14.0. The number of rotatable bonds is 0. The van der Waals surface area contributed by atoms with E-state index in [0.29, 0.717) is 5.92 Å². The molecule has 0 bridgehead atoms. The first-order valence-electron chi connectivity index (χ1n) is 9.18. The summed E-state index contributed by atoms with van der Waals surface area (Å²) < 4.78 is 0. The van der Waals surface area contributed by atoms with Crippen molar-refractivity contribution in [1.82, 2.24) is 0 Å². The lowest BCUT2D eigenvalue weighted by atomic mass is 9.52. The summed E-state index contributed by atoms with van der Waals surface area (Å²) in [6, 6.07) is 2.29. The van der Waals surface area contributed by atoms with Crippen LogP contribution in [0.15, 0.2) is 28.5 Å². The summed E-state index contributed by atoms with van der Waals surface area (Å²) in [5.74, 6) is 3.13. The lowest BCUT2D eigenvalue weighted by Gasteiger charge is -2.53. The van der Waals surface area contributed by atoms with Crippen molar-refractivity contribution in [3.8, 4) is 6.07 Å². The van der Waals surface area contributed by atoms with Crippen molar-refractivity contribution in [3.63, 3.8) is 0 Å². The summed E-state index contributed by atoms with van der Waals surface area (Å²) in [5, 5.41) is 21.6. The van der Waals surface area contributed by atoms with Crippen LogP contribution in [-0.4, -0.2) is 10.9 Å². The van der Waals surface area contributed by atoms with Crippen molar-refractivity contribution < 1.29 is 5.21 Å². The number of nitriles is 1. The van der Waals surface area contributed by atoms with Gasteiger partial charge in [-0.15, -0.1) is 0 Å². The van der Waals surface area contributed by atoms with E-state index in [1.54, 1.807) is 5.57 Å². The second-order valence-corrected chi connectivity index (χ2v) is 8.22. The topological polar surface area (TPSA) is 56.4 Å². The predicted octanol–water partition coefficient (Wildman–Crippen LogP) is 4.84. The third-order valence-corrected chi connectivity index (χ3v) is 7.53. The van der Waals surface area contributed by atoms with Gasteiger partial charge in [0.1, 0.15) is 0 Å². The van der Waals surface area contributed by atoms with E-state index in [2.05, 4.69) is 24.2 Å². The summed E-state index contributed by atoms with van der Waals surface area (Å²) in [6.07, 6.45) is 13.5. The monoisotopic (exact) mass is 310 g/mol. The molecule has 0 heterocycles. The van der Waals surface area contributed by atoms with Crippen LogP contribution in [-0.2, 0) is 0 Å². The summed E-state index contributed by atoms with van der Waals surface area (Å²) >= 11 is 0. The maximum absolute atomic E-state index is 9.10. The second kappa shape index (κ2) is 5.51. The lowest BCUT2D eigenvalue weighted by Crippen LogP contribution is -2.45. The molecular formula is C20H26N2O. The van der Waals surface area contributed by atoms with E-state index >= 15 is 0 Å². The highest BCUT2D eigenvalue weighted by Gasteiger charge is 2.54. The molecule has 0 radical (unpaired) electrons. The van der Waals surface area contributed by atoms with Crippen molar-refractivity contribution in [1.29, 1.82) is 5.26 Å². The van der Waals surface area contributed by atoms with Crippen molar-refractivity contribution >= 4 is 5.71 Å². The normalized spacial score (nSPS) is 45.8. The number of nitrogens with zero attached hydrogens (tertiary/aromatic N) is 2. The van der Waals surface area contributed by atoms with E-state index in [0.717, 1.165) is 42.7 Å². The zero-order valence-corrected chi connectivity index (χ0v) is 14.0. The third kappa shape index (κ3) is 2.18. The maximum Gasteiger partial charge on any atom is 0.0911 e. The predicted molar refractivity (Wildman–Crippen MR) is 90.0 cm³/mol. The van der Waals surface area contributed by atoms with Gasteiger partial charge in [0.2, 0.25) is 0 Å². The summed E-state index contributed by atoms with van der Waals surface area (Å²) in [5.41, 5.74) is 4.11. The first-order valence-corrected chi connectivity index (χ1v) is 9.18. The van der Waals surface area contributed by atoms with E-state index in [1.807, 2.05) is 6.08 Å². The van der Waals surface area contributed by atoms with Crippen LogP contribution in [0, 0.1) is 40.4 Å². The van der Waals surface area contributed by atoms with Gasteiger partial charge in [-0.1, -0.05) is 23.2 Å². The molecule has 3 saturated carbocycles. The van der Waals surface area contributed by atoms with Crippen LogP contribution in [0.3, 0.4) is 0 Å². The average molecular weight is 310 g/mol. The lowest BCUT2D eigenvalue weighted by molar-refractivity contribution is 0.0150. The minimum absolute atomic E-state index is 0.282. The first-order chi connectivity index (χ1) is 11.2. The summed E-state index contributed by atoms with van der Waals surface area (Å²) in [7, 11) is 0. The molecule has 0 aliphatic heterocycles. The molecule has 0 spiro atoms. The molecular weight excluding hydrogens is 284 g/mol. The first kappa shape index (κ1) is 15.0. The third-order valence-electron chi connectivity index (χ3n) is 7.53. The van der Waals surface area contributed by atoms with Crippen LogP contribution >= 0.6 is 0 Å². The van der Waals surface area contributed by atoms with Crippen LogP contribution in [0.25, 0.3) is 0 Å². The highest BCUT2D eigenvalue weighted by atomic mass is 16.4. The molecule has 3 heteroatoms. The van der Waals surface area contributed by atoms with E-state index in [1.165, 1.54) is 37.7 Å². The molecule has 23 heavy (non-hydrogen) atoms. The van der Waals surface area contributed by atoms with Crippen molar-refractivity contribution in [2.24, 2.45) is 34.2 Å². The Balaban J connectivity index is 1.62. The van der Waals surface area contributed by atoms with Crippen LogP contribution in [0.4, 0.5) is 0 Å². The van der Waals surface area contributed by atoms with E-state index in [4.69, 9.17) is 10.5 Å². The number of hydrogen-bond acceptors (Lipinski definition) is 3. The molecule has 0 saturated heterocycles. The minimum atomic E-state index is 0.282. The van der Waals surface area contributed by atoms with Gasteiger partial charge in [-0.3, -0.25) is 0 Å². The standard InChI is InChI=1S/C20H26N2O/c1-20-10-8-17-16-6-4-15(22-23)12-13(16)2-5-18(17)19(20)7-3-14(20)9-11-21/h9,12,16-19,23H,2-8,10H2,1H3/t16-,17+,18+,19-,20+/m0/s1. The Morgan fingerprint density at radius 2 is 2.09 bits per heavy atom. The van der Waals surface area contributed by atoms with Gasteiger partial charge in [0.15, 0.2) is 0 Å². The van der Waals surface area contributed by atoms with Crippen LogP contribution in [0.5, 0.6) is 0 Å². The number of hydrogen-bond donors (Lipinski definition) is 1. The molecule has 0 amide bonds. The van der Waals surface area contributed by atoms with Gasteiger partial charge in [0.25, 0.3) is 0 Å². The SMILES string of the molecule is C[C@]12CC[C@H]3[C@@H](CCC4=CC(=NO)CC[C@@H]43)[C@@H]1CCC2=CC#N. The van der Waals surface area contributed by atoms with Gasteiger partial charge >= 0.3 is 0 Å². The van der Waals surface area contributed by atoms with Gasteiger partial charge in [-0.05, 0) is 86.5 Å². The average Bonchev–Trinajstić information content (AvgIpc) is 2.91. The molecule has 0 aromatic heterocycles. The van der Waals surface area contributed by atoms with Crippen molar-refractivity contribution in [2.75, 3.05) is 0 Å². The van der Waals surface area contributed by atoms with Gasteiger partial charge in [0, 0.05) is 6.08 Å². The molecule has 0 aromatic rings. The van der Waals surface area contributed by atoms with Gasteiger partial charge in [-0.25, -0.2) is 0 Å². The minimum Gasteiger partial charge on any atom is -0.411 e. The smallest absolute Gasteiger partial charge is 0.0911 e. The van der Waals surface area contributed by atoms with Crippen LogP contribution in [0.2, 0.25) is 0 Å². The highest BCUT2D eigenvalue weighted by molar-refractivity contribution is 5.96. The van der Waals surface area contributed by atoms with E-state index in [9.17, 15) is 0 Å². The van der Waals surface area contributed by atoms with Crippen molar-refractivity contribution in [3.05, 3.63) is 23.3 Å². The fraction of sp³-hybridized carbons (Fsp3) is 0.700. The molecule has 122 valence electrons. The molecule has 4 aliphatic rings. The fourth-order valence-corrected chi connectivity index (χ4v) is 6.44. The number of fused-ring (bicyclic) bond motifs is 5. The van der Waals surface area contributed by atoms with E-state index in [-0.39, 0.29) is 5.41 Å². The maximum atomic E-state index is 9.10.